The summed E-state index contributed by atoms with van der Waals surface area (Å²) in [5, 5.41) is 0. The maximum Gasteiger partial charge on any atom is 0.419 e. The Labute approximate surface area is 147 Å². The maximum absolute atomic E-state index is 11.8. The van der Waals surface area contributed by atoms with Gasteiger partial charge < -0.3 is 9.15 Å². The summed E-state index contributed by atoms with van der Waals surface area (Å²) < 4.78 is 12.9. The zero-order valence-electron chi connectivity index (χ0n) is 12.9. The number of hydrogen-bond acceptors (Lipinski definition) is 4. The zero-order chi connectivity index (χ0) is 16.9. The number of nitrogens with zero attached hydrogens (tertiary/aromatic N) is 1. The summed E-state index contributed by atoms with van der Waals surface area (Å²) in [6.45, 7) is 0.661. The number of esters is 1. The topological polar surface area (TPSA) is 61.4 Å². The Kier molecular flexibility index (Phi) is 5.15. The van der Waals surface area contributed by atoms with Crippen LogP contribution in [0.1, 0.15) is 18.4 Å². The fourth-order valence-corrected chi connectivity index (χ4v) is 2.92. The fourth-order valence-electron chi connectivity index (χ4n) is 2.47. The summed E-state index contributed by atoms with van der Waals surface area (Å²) >= 11 is 3.38. The molecule has 0 aliphatic rings. The van der Waals surface area contributed by atoms with Gasteiger partial charge in [0.2, 0.25) is 0 Å². The van der Waals surface area contributed by atoms with Gasteiger partial charge in [-0.1, -0.05) is 40.2 Å². The third-order valence-corrected chi connectivity index (χ3v) is 4.12. The van der Waals surface area contributed by atoms with E-state index in [0.717, 1.165) is 15.6 Å². The average Bonchev–Trinajstić information content (AvgIpc) is 2.89. The van der Waals surface area contributed by atoms with E-state index in [0.29, 0.717) is 18.5 Å². The van der Waals surface area contributed by atoms with Gasteiger partial charge in [0.25, 0.3) is 0 Å². The van der Waals surface area contributed by atoms with Gasteiger partial charge in [-0.05, 0) is 36.2 Å². The molecule has 3 aromatic rings. The molecule has 0 amide bonds. The first-order valence-electron chi connectivity index (χ1n) is 7.62. The third kappa shape index (κ3) is 3.94. The second kappa shape index (κ2) is 7.49. The minimum absolute atomic E-state index is 0.243. The highest BCUT2D eigenvalue weighted by Crippen LogP contribution is 2.14. The highest BCUT2D eigenvalue weighted by atomic mass is 79.9. The summed E-state index contributed by atoms with van der Waals surface area (Å²) in [5.74, 6) is -0.686. The quantitative estimate of drug-likeness (QED) is 0.600. The number of ether oxygens (including phenoxy) is 1. The molecule has 0 bridgehead atoms. The van der Waals surface area contributed by atoms with Gasteiger partial charge in [-0.2, -0.15) is 0 Å². The van der Waals surface area contributed by atoms with Gasteiger partial charge in [0, 0.05) is 17.4 Å². The van der Waals surface area contributed by atoms with Crippen molar-refractivity contribution in [1.82, 2.24) is 4.57 Å². The first-order valence-corrected chi connectivity index (χ1v) is 8.41. The van der Waals surface area contributed by atoms with E-state index in [1.54, 1.807) is 6.07 Å². The van der Waals surface area contributed by atoms with Crippen molar-refractivity contribution in [3.63, 3.8) is 0 Å². The summed E-state index contributed by atoms with van der Waals surface area (Å²) in [6.07, 6.45) is 0.765. The Morgan fingerprint density at radius 2 is 2.00 bits per heavy atom. The molecule has 0 N–H and O–H groups in total. The third-order valence-electron chi connectivity index (χ3n) is 3.63. The molecular formula is C18H16BrNO4. The second-order valence-electron chi connectivity index (χ2n) is 5.38. The van der Waals surface area contributed by atoms with Crippen molar-refractivity contribution in [2.45, 2.75) is 26.0 Å². The average molecular weight is 390 g/mol. The number of oxazole rings is 1. The molecule has 3 rings (SSSR count). The monoisotopic (exact) mass is 389 g/mol. The number of para-hydroxylation sites is 2. The number of carbonyl (C=O) groups is 1. The van der Waals surface area contributed by atoms with Crippen LogP contribution in [0.15, 0.2) is 62.2 Å². The molecule has 24 heavy (non-hydrogen) atoms. The largest absolute Gasteiger partial charge is 0.461 e. The van der Waals surface area contributed by atoms with Gasteiger partial charge in [-0.15, -0.1) is 0 Å². The highest BCUT2D eigenvalue weighted by molar-refractivity contribution is 9.10. The number of fused-ring (bicyclic) bond motifs is 1. The Bertz CT molecular complexity index is 913. The number of aromatic nitrogens is 1. The standard InChI is InChI=1S/C18H16BrNO4/c19-14-6-3-5-13(11-14)12-23-17(21)9-4-10-20-15-7-1-2-8-16(15)24-18(20)22/h1-3,5-8,11H,4,9-10,12H2. The van der Waals surface area contributed by atoms with Crippen molar-refractivity contribution in [3.05, 3.63) is 69.1 Å². The van der Waals surface area contributed by atoms with Crippen molar-refractivity contribution >= 4 is 33.0 Å². The van der Waals surface area contributed by atoms with Crippen LogP contribution in [0.2, 0.25) is 0 Å². The smallest absolute Gasteiger partial charge is 0.419 e. The van der Waals surface area contributed by atoms with Gasteiger partial charge in [-0.25, -0.2) is 4.79 Å². The van der Waals surface area contributed by atoms with Crippen LogP contribution in [0, 0.1) is 0 Å². The lowest BCUT2D eigenvalue weighted by Crippen LogP contribution is -2.15. The number of benzene rings is 2. The molecule has 124 valence electrons. The Morgan fingerprint density at radius 1 is 1.17 bits per heavy atom. The van der Waals surface area contributed by atoms with Crippen LogP contribution < -0.4 is 5.76 Å². The SMILES string of the molecule is O=C(CCCn1c(=O)oc2ccccc21)OCc1cccc(Br)c1. The second-order valence-corrected chi connectivity index (χ2v) is 6.30. The molecule has 0 radical (unpaired) electrons. The van der Waals surface area contributed by atoms with E-state index in [1.807, 2.05) is 42.5 Å². The molecule has 0 saturated heterocycles. The number of rotatable bonds is 6. The molecule has 2 aromatic carbocycles. The lowest BCUT2D eigenvalue weighted by Gasteiger charge is -2.06. The number of halogens is 1. The van der Waals surface area contributed by atoms with Crippen LogP contribution in [0.4, 0.5) is 0 Å². The molecule has 0 spiro atoms. The van der Waals surface area contributed by atoms with Crippen molar-refractivity contribution < 1.29 is 13.9 Å². The summed E-state index contributed by atoms with van der Waals surface area (Å²) in [5.41, 5.74) is 2.22. The lowest BCUT2D eigenvalue weighted by molar-refractivity contribution is -0.145. The molecule has 0 atom stereocenters. The zero-order valence-corrected chi connectivity index (χ0v) is 14.5. The molecule has 1 heterocycles. The van der Waals surface area contributed by atoms with E-state index in [-0.39, 0.29) is 19.0 Å². The van der Waals surface area contributed by atoms with E-state index in [1.165, 1.54) is 4.57 Å². The lowest BCUT2D eigenvalue weighted by atomic mass is 10.2. The molecule has 6 heteroatoms. The minimum atomic E-state index is -0.404. The van der Waals surface area contributed by atoms with Crippen LogP contribution in [0.3, 0.4) is 0 Å². The van der Waals surface area contributed by atoms with Gasteiger partial charge >= 0.3 is 11.7 Å². The fraction of sp³-hybridized carbons (Fsp3) is 0.222. The van der Waals surface area contributed by atoms with Crippen LogP contribution in [0.5, 0.6) is 0 Å². The molecule has 0 fully saturated rings. The number of aryl methyl sites for hydroxylation is 1. The highest BCUT2D eigenvalue weighted by Gasteiger charge is 2.09. The Balaban J connectivity index is 1.51. The maximum atomic E-state index is 11.8. The molecule has 0 aliphatic heterocycles. The van der Waals surface area contributed by atoms with Crippen LogP contribution in [-0.2, 0) is 22.7 Å². The molecular weight excluding hydrogens is 374 g/mol. The normalized spacial score (nSPS) is 10.9. The summed E-state index contributed by atoms with van der Waals surface area (Å²) in [6, 6.07) is 14.8. The van der Waals surface area contributed by atoms with Gasteiger partial charge in [-0.3, -0.25) is 9.36 Å². The minimum Gasteiger partial charge on any atom is -0.461 e. The molecule has 0 aliphatic carbocycles. The summed E-state index contributed by atoms with van der Waals surface area (Å²) in [4.78, 5) is 23.7. The predicted molar refractivity (Wildman–Crippen MR) is 93.6 cm³/mol. The number of carbonyl (C=O) groups excluding carboxylic acids is 1. The molecule has 0 saturated carbocycles. The van der Waals surface area contributed by atoms with Gasteiger partial charge in [0.15, 0.2) is 5.58 Å². The summed E-state index contributed by atoms with van der Waals surface area (Å²) in [7, 11) is 0. The van der Waals surface area contributed by atoms with Crippen molar-refractivity contribution in [3.8, 4) is 0 Å². The van der Waals surface area contributed by atoms with E-state index in [2.05, 4.69) is 15.9 Å². The molecule has 5 nitrogen and oxygen atoms in total. The van der Waals surface area contributed by atoms with Crippen molar-refractivity contribution in [1.29, 1.82) is 0 Å². The van der Waals surface area contributed by atoms with Crippen LogP contribution in [0.25, 0.3) is 11.1 Å². The van der Waals surface area contributed by atoms with Crippen LogP contribution >= 0.6 is 15.9 Å². The van der Waals surface area contributed by atoms with E-state index < -0.39 is 5.76 Å². The van der Waals surface area contributed by atoms with E-state index in [4.69, 9.17) is 9.15 Å². The Morgan fingerprint density at radius 3 is 2.83 bits per heavy atom. The van der Waals surface area contributed by atoms with E-state index in [9.17, 15) is 9.59 Å². The van der Waals surface area contributed by atoms with Gasteiger partial charge in [0.05, 0.1) is 5.52 Å². The number of hydrogen-bond donors (Lipinski definition) is 0. The van der Waals surface area contributed by atoms with E-state index >= 15 is 0 Å². The van der Waals surface area contributed by atoms with Crippen molar-refractivity contribution in [2.75, 3.05) is 0 Å². The first kappa shape index (κ1) is 16.5. The van der Waals surface area contributed by atoms with Gasteiger partial charge in [0.1, 0.15) is 6.61 Å². The first-order chi connectivity index (χ1) is 11.6. The predicted octanol–water partition coefficient (Wildman–Crippen LogP) is 3.88. The molecule has 1 aromatic heterocycles. The Hall–Kier alpha value is -2.34. The van der Waals surface area contributed by atoms with Crippen LogP contribution in [-0.4, -0.2) is 10.5 Å². The van der Waals surface area contributed by atoms with Crippen molar-refractivity contribution in [2.24, 2.45) is 0 Å². The molecule has 0 unspecified atom stereocenters.